The number of halogens is 2. The van der Waals surface area contributed by atoms with Gasteiger partial charge in [0.2, 0.25) is 0 Å². The largest absolute Gasteiger partial charge is 0.374 e. The molecule has 1 aromatic rings. The summed E-state index contributed by atoms with van der Waals surface area (Å²) < 4.78 is 7.70. The molecule has 0 saturated carbocycles. The lowest BCUT2D eigenvalue weighted by Crippen LogP contribution is -2.48. The van der Waals surface area contributed by atoms with Crippen molar-refractivity contribution >= 4 is 23.2 Å². The zero-order chi connectivity index (χ0) is 14.7. The van der Waals surface area contributed by atoms with Crippen LogP contribution < -0.4 is 0 Å². The van der Waals surface area contributed by atoms with E-state index < -0.39 is 0 Å². The van der Waals surface area contributed by atoms with Crippen LogP contribution >= 0.6 is 23.2 Å². The zero-order valence-electron chi connectivity index (χ0n) is 12.4. The van der Waals surface area contributed by atoms with Crippen molar-refractivity contribution in [2.75, 3.05) is 19.0 Å². The van der Waals surface area contributed by atoms with Crippen molar-refractivity contribution in [3.05, 3.63) is 16.4 Å². The summed E-state index contributed by atoms with van der Waals surface area (Å²) in [5, 5.41) is 5.39. The molecule has 1 saturated heterocycles. The first-order valence-electron chi connectivity index (χ1n) is 7.26. The highest BCUT2D eigenvalue weighted by Gasteiger charge is 2.27. The second-order valence-electron chi connectivity index (χ2n) is 5.26. The molecular weight excluding hydrogens is 297 g/mol. The quantitative estimate of drug-likeness (QED) is 0.782. The van der Waals surface area contributed by atoms with Crippen molar-refractivity contribution in [2.24, 2.45) is 0 Å². The SMILES string of the molecule is CCc1nn(CC)c(CN2CC(CCl)OCC2C)c1Cl. The van der Waals surface area contributed by atoms with Crippen LogP contribution in [0.25, 0.3) is 0 Å². The van der Waals surface area contributed by atoms with E-state index in [1.807, 2.05) is 4.68 Å². The number of hydrogen-bond acceptors (Lipinski definition) is 3. The van der Waals surface area contributed by atoms with Gasteiger partial charge in [-0.1, -0.05) is 18.5 Å². The molecule has 0 radical (unpaired) electrons. The van der Waals surface area contributed by atoms with E-state index in [0.717, 1.165) is 49.1 Å². The molecule has 0 amide bonds. The molecule has 0 bridgehead atoms. The van der Waals surface area contributed by atoms with E-state index >= 15 is 0 Å². The maximum Gasteiger partial charge on any atom is 0.0863 e. The van der Waals surface area contributed by atoms with Crippen molar-refractivity contribution in [3.63, 3.8) is 0 Å². The Morgan fingerprint density at radius 1 is 1.40 bits per heavy atom. The molecule has 1 fully saturated rings. The van der Waals surface area contributed by atoms with E-state index in [2.05, 4.69) is 30.8 Å². The van der Waals surface area contributed by atoms with E-state index in [1.165, 1.54) is 0 Å². The third kappa shape index (κ3) is 3.30. The fourth-order valence-corrected chi connectivity index (χ4v) is 3.06. The first kappa shape index (κ1) is 16.1. The van der Waals surface area contributed by atoms with E-state index in [9.17, 15) is 0 Å². The zero-order valence-corrected chi connectivity index (χ0v) is 13.9. The molecule has 2 heterocycles. The number of nitrogens with zero attached hydrogens (tertiary/aromatic N) is 3. The van der Waals surface area contributed by atoms with Gasteiger partial charge in [0.15, 0.2) is 0 Å². The average molecular weight is 320 g/mol. The Kier molecular flexibility index (Phi) is 5.73. The number of hydrogen-bond donors (Lipinski definition) is 0. The second-order valence-corrected chi connectivity index (χ2v) is 5.95. The standard InChI is InChI=1S/C14H23Cl2N3O/c1-4-12-14(16)13(19(5-2)17-12)8-18-7-11(6-15)20-9-10(18)3/h10-11H,4-9H2,1-3H3. The fourth-order valence-electron chi connectivity index (χ4n) is 2.55. The normalized spacial score (nSPS) is 24.2. The Morgan fingerprint density at radius 2 is 2.15 bits per heavy atom. The number of aromatic nitrogens is 2. The minimum absolute atomic E-state index is 0.107. The summed E-state index contributed by atoms with van der Waals surface area (Å²) in [5.74, 6) is 0.532. The lowest BCUT2D eigenvalue weighted by Gasteiger charge is -2.37. The van der Waals surface area contributed by atoms with Crippen molar-refractivity contribution in [1.82, 2.24) is 14.7 Å². The summed E-state index contributed by atoms with van der Waals surface area (Å²) in [6.45, 7) is 9.55. The maximum atomic E-state index is 6.48. The highest BCUT2D eigenvalue weighted by Crippen LogP contribution is 2.25. The molecule has 1 aromatic heterocycles. The number of morpholine rings is 1. The molecule has 1 aliphatic heterocycles. The second kappa shape index (κ2) is 7.12. The van der Waals surface area contributed by atoms with Crippen LogP contribution in [0.15, 0.2) is 0 Å². The van der Waals surface area contributed by atoms with Gasteiger partial charge in [-0.05, 0) is 20.3 Å². The summed E-state index contributed by atoms with van der Waals surface area (Å²) >= 11 is 12.4. The van der Waals surface area contributed by atoms with E-state index in [1.54, 1.807) is 0 Å². The van der Waals surface area contributed by atoms with Crippen molar-refractivity contribution < 1.29 is 4.74 Å². The van der Waals surface area contributed by atoms with Gasteiger partial charge in [0.1, 0.15) is 0 Å². The molecule has 6 heteroatoms. The minimum atomic E-state index is 0.107. The number of aryl methyl sites for hydroxylation is 2. The topological polar surface area (TPSA) is 30.3 Å². The van der Waals surface area contributed by atoms with Crippen LogP contribution in [0, 0.1) is 0 Å². The van der Waals surface area contributed by atoms with Gasteiger partial charge < -0.3 is 4.74 Å². The molecule has 1 aliphatic rings. The Morgan fingerprint density at radius 3 is 2.75 bits per heavy atom. The third-order valence-electron chi connectivity index (χ3n) is 3.85. The van der Waals surface area contributed by atoms with E-state index in [0.29, 0.717) is 11.9 Å². The summed E-state index contributed by atoms with van der Waals surface area (Å²) in [6, 6.07) is 0.371. The summed E-state index contributed by atoms with van der Waals surface area (Å²) in [5.41, 5.74) is 2.09. The lowest BCUT2D eigenvalue weighted by molar-refractivity contribution is -0.0518. The predicted molar refractivity (Wildman–Crippen MR) is 82.6 cm³/mol. The van der Waals surface area contributed by atoms with Gasteiger partial charge >= 0.3 is 0 Å². The molecule has 114 valence electrons. The Bertz CT molecular complexity index is 450. The van der Waals surface area contributed by atoms with Gasteiger partial charge in [0.25, 0.3) is 0 Å². The molecule has 2 unspecified atom stereocenters. The molecule has 0 spiro atoms. The molecule has 2 atom stereocenters. The van der Waals surface area contributed by atoms with Crippen molar-refractivity contribution in [2.45, 2.75) is 52.4 Å². The van der Waals surface area contributed by atoms with Crippen LogP contribution in [0.4, 0.5) is 0 Å². The van der Waals surface area contributed by atoms with Crippen LogP contribution in [-0.4, -0.2) is 45.9 Å². The molecule has 20 heavy (non-hydrogen) atoms. The average Bonchev–Trinajstić information content (AvgIpc) is 2.77. The van der Waals surface area contributed by atoms with Gasteiger partial charge in [-0.25, -0.2) is 0 Å². The lowest BCUT2D eigenvalue weighted by atomic mass is 10.2. The molecule has 0 N–H and O–H groups in total. The first-order chi connectivity index (χ1) is 9.60. The van der Waals surface area contributed by atoms with Crippen LogP contribution in [0.3, 0.4) is 0 Å². The summed E-state index contributed by atoms with van der Waals surface area (Å²) in [4.78, 5) is 2.38. The predicted octanol–water partition coefficient (Wildman–Crippen LogP) is 2.95. The van der Waals surface area contributed by atoms with Gasteiger partial charge in [-0.3, -0.25) is 9.58 Å². The van der Waals surface area contributed by atoms with Gasteiger partial charge in [-0.15, -0.1) is 11.6 Å². The molecule has 2 rings (SSSR count). The highest BCUT2D eigenvalue weighted by atomic mass is 35.5. The molecule has 0 aliphatic carbocycles. The highest BCUT2D eigenvalue weighted by molar-refractivity contribution is 6.31. The Balaban J connectivity index is 2.17. The smallest absolute Gasteiger partial charge is 0.0863 e. The third-order valence-corrected chi connectivity index (χ3v) is 4.63. The minimum Gasteiger partial charge on any atom is -0.374 e. The fraction of sp³-hybridized carbons (Fsp3) is 0.786. The maximum absolute atomic E-state index is 6.48. The molecule has 4 nitrogen and oxygen atoms in total. The molecular formula is C14H23Cl2N3O. The first-order valence-corrected chi connectivity index (χ1v) is 8.17. The van der Waals surface area contributed by atoms with Crippen molar-refractivity contribution in [1.29, 1.82) is 0 Å². The van der Waals surface area contributed by atoms with Crippen LogP contribution in [0.2, 0.25) is 5.02 Å². The van der Waals surface area contributed by atoms with E-state index in [4.69, 9.17) is 27.9 Å². The monoisotopic (exact) mass is 319 g/mol. The number of ether oxygens (including phenoxy) is 1. The molecule has 0 aromatic carbocycles. The summed E-state index contributed by atoms with van der Waals surface area (Å²) in [7, 11) is 0. The summed E-state index contributed by atoms with van der Waals surface area (Å²) in [6.07, 6.45) is 0.970. The number of alkyl halides is 1. The Hall–Kier alpha value is -0.290. The van der Waals surface area contributed by atoms with Crippen LogP contribution in [-0.2, 0) is 24.2 Å². The van der Waals surface area contributed by atoms with Crippen LogP contribution in [0.5, 0.6) is 0 Å². The van der Waals surface area contributed by atoms with Gasteiger partial charge in [0, 0.05) is 31.6 Å². The van der Waals surface area contributed by atoms with Gasteiger partial charge in [-0.2, -0.15) is 5.10 Å². The van der Waals surface area contributed by atoms with Crippen LogP contribution in [0.1, 0.15) is 32.2 Å². The number of rotatable bonds is 5. The Labute approximate surface area is 131 Å². The van der Waals surface area contributed by atoms with Crippen molar-refractivity contribution in [3.8, 4) is 0 Å². The van der Waals surface area contributed by atoms with Gasteiger partial charge in [0.05, 0.1) is 29.1 Å². The van der Waals surface area contributed by atoms with E-state index in [-0.39, 0.29) is 6.10 Å².